The van der Waals surface area contributed by atoms with Crippen molar-refractivity contribution in [2.24, 2.45) is 5.73 Å². The van der Waals surface area contributed by atoms with Crippen molar-refractivity contribution < 1.29 is 9.53 Å². The molecule has 4 nitrogen and oxygen atoms in total. The molecule has 2 rings (SSSR count). The third-order valence-electron chi connectivity index (χ3n) is 4.23. The molecule has 1 atom stereocenters. The van der Waals surface area contributed by atoms with Gasteiger partial charge in [-0.3, -0.25) is 4.79 Å². The van der Waals surface area contributed by atoms with E-state index in [9.17, 15) is 4.79 Å². The third-order valence-corrected chi connectivity index (χ3v) is 4.23. The molecule has 3 N–H and O–H groups in total. The predicted molar refractivity (Wildman–Crippen MR) is 71.2 cm³/mol. The highest BCUT2D eigenvalue weighted by atomic mass is 16.5. The number of amides is 1. The minimum atomic E-state index is -0.624. The third kappa shape index (κ3) is 3.23. The summed E-state index contributed by atoms with van der Waals surface area (Å²) in [6, 6.07) is 0.212. The van der Waals surface area contributed by atoms with Gasteiger partial charge in [0.05, 0.1) is 11.1 Å². The molecule has 1 heterocycles. The Morgan fingerprint density at radius 2 is 1.94 bits per heavy atom. The molecular formula is C14H26N2O2. The van der Waals surface area contributed by atoms with Gasteiger partial charge < -0.3 is 15.8 Å². The van der Waals surface area contributed by atoms with Crippen LogP contribution in [0, 0.1) is 0 Å². The van der Waals surface area contributed by atoms with E-state index in [4.69, 9.17) is 10.5 Å². The quantitative estimate of drug-likeness (QED) is 0.788. The first-order valence-electron chi connectivity index (χ1n) is 7.15. The van der Waals surface area contributed by atoms with Gasteiger partial charge in [0.15, 0.2) is 0 Å². The number of nitrogens with two attached hydrogens (primary N) is 1. The zero-order valence-corrected chi connectivity index (χ0v) is 11.6. The van der Waals surface area contributed by atoms with Gasteiger partial charge in [-0.05, 0) is 39.5 Å². The summed E-state index contributed by atoms with van der Waals surface area (Å²) < 4.78 is 5.67. The molecule has 0 spiro atoms. The second kappa shape index (κ2) is 5.17. The van der Waals surface area contributed by atoms with Crippen LogP contribution in [0.3, 0.4) is 0 Å². The maximum atomic E-state index is 12.3. The van der Waals surface area contributed by atoms with E-state index in [0.717, 1.165) is 45.1 Å². The summed E-state index contributed by atoms with van der Waals surface area (Å²) in [6.07, 6.45) is 6.76. The summed E-state index contributed by atoms with van der Waals surface area (Å²) in [4.78, 5) is 12.3. The Hall–Kier alpha value is -0.610. The Bertz CT molecular complexity index is 309. The molecule has 1 saturated carbocycles. The van der Waals surface area contributed by atoms with Crippen molar-refractivity contribution in [2.45, 2.75) is 76.0 Å². The summed E-state index contributed by atoms with van der Waals surface area (Å²) in [5.74, 6) is 0.0462. The van der Waals surface area contributed by atoms with Crippen molar-refractivity contribution in [3.8, 4) is 0 Å². The minimum absolute atomic E-state index is 0.0462. The summed E-state index contributed by atoms with van der Waals surface area (Å²) in [5, 5.41) is 3.14. The highest BCUT2D eigenvalue weighted by Crippen LogP contribution is 2.28. The molecule has 1 amide bonds. The summed E-state index contributed by atoms with van der Waals surface area (Å²) in [7, 11) is 0. The maximum absolute atomic E-state index is 12.3. The van der Waals surface area contributed by atoms with Crippen molar-refractivity contribution in [3.05, 3.63) is 0 Å². The van der Waals surface area contributed by atoms with Crippen LogP contribution in [0.1, 0.15) is 58.8 Å². The Kier molecular flexibility index (Phi) is 3.97. The number of nitrogens with one attached hydrogen (secondary N) is 1. The Morgan fingerprint density at radius 3 is 2.56 bits per heavy atom. The number of hydrogen-bond acceptors (Lipinski definition) is 3. The molecule has 1 aliphatic carbocycles. The van der Waals surface area contributed by atoms with Gasteiger partial charge in [0.25, 0.3) is 0 Å². The molecule has 1 unspecified atom stereocenters. The Labute approximate surface area is 110 Å². The molecule has 0 radical (unpaired) electrons. The highest BCUT2D eigenvalue weighted by Gasteiger charge is 2.38. The van der Waals surface area contributed by atoms with E-state index in [2.05, 4.69) is 19.2 Å². The smallest absolute Gasteiger partial charge is 0.240 e. The Balaban J connectivity index is 1.90. The van der Waals surface area contributed by atoms with E-state index < -0.39 is 5.54 Å². The van der Waals surface area contributed by atoms with Crippen LogP contribution in [0.25, 0.3) is 0 Å². The average Bonchev–Trinajstić information content (AvgIpc) is 2.28. The summed E-state index contributed by atoms with van der Waals surface area (Å²) >= 11 is 0. The standard InChI is InChI=1S/C14H26N2O2/c1-13(2)10-11(6-9-18-13)16-12(17)14(15)7-4-3-5-8-14/h11H,3-10,15H2,1-2H3,(H,16,17). The number of carbonyl (C=O) groups is 1. The lowest BCUT2D eigenvalue weighted by molar-refractivity contribution is -0.130. The van der Waals surface area contributed by atoms with E-state index in [1.54, 1.807) is 0 Å². The van der Waals surface area contributed by atoms with Gasteiger partial charge >= 0.3 is 0 Å². The predicted octanol–water partition coefficient (Wildman–Crippen LogP) is 1.72. The second-order valence-corrected chi connectivity index (χ2v) is 6.49. The van der Waals surface area contributed by atoms with Gasteiger partial charge in [0.1, 0.15) is 0 Å². The van der Waals surface area contributed by atoms with E-state index in [1.165, 1.54) is 6.42 Å². The lowest BCUT2D eigenvalue weighted by atomic mass is 9.81. The second-order valence-electron chi connectivity index (χ2n) is 6.49. The van der Waals surface area contributed by atoms with Crippen LogP contribution in [0.15, 0.2) is 0 Å². The fraction of sp³-hybridized carbons (Fsp3) is 0.929. The van der Waals surface area contributed by atoms with Crippen molar-refractivity contribution in [2.75, 3.05) is 6.61 Å². The first-order chi connectivity index (χ1) is 8.41. The number of carbonyl (C=O) groups excluding carboxylic acids is 1. The molecule has 0 aromatic carbocycles. The molecule has 0 aromatic rings. The van der Waals surface area contributed by atoms with Crippen molar-refractivity contribution in [3.63, 3.8) is 0 Å². The largest absolute Gasteiger partial charge is 0.375 e. The van der Waals surface area contributed by atoms with Gasteiger partial charge in [-0.15, -0.1) is 0 Å². The van der Waals surface area contributed by atoms with Crippen LogP contribution >= 0.6 is 0 Å². The van der Waals surface area contributed by atoms with Gasteiger partial charge in [-0.1, -0.05) is 19.3 Å². The van der Waals surface area contributed by atoms with Crippen LogP contribution in [-0.2, 0) is 9.53 Å². The van der Waals surface area contributed by atoms with Gasteiger partial charge in [0.2, 0.25) is 5.91 Å². The first kappa shape index (κ1) is 13.8. The van der Waals surface area contributed by atoms with Gasteiger partial charge in [-0.2, -0.15) is 0 Å². The van der Waals surface area contributed by atoms with Crippen LogP contribution in [0.5, 0.6) is 0 Å². The zero-order chi connectivity index (χ0) is 13.2. The molecule has 1 aliphatic heterocycles. The fourth-order valence-electron chi connectivity index (χ4n) is 3.09. The molecule has 2 aliphatic rings. The van der Waals surface area contributed by atoms with Crippen molar-refractivity contribution >= 4 is 5.91 Å². The van der Waals surface area contributed by atoms with Crippen molar-refractivity contribution in [1.82, 2.24) is 5.32 Å². The van der Waals surface area contributed by atoms with Crippen LogP contribution in [0.4, 0.5) is 0 Å². The Morgan fingerprint density at radius 1 is 1.28 bits per heavy atom. The molecule has 0 bridgehead atoms. The molecular weight excluding hydrogens is 228 g/mol. The monoisotopic (exact) mass is 254 g/mol. The number of hydrogen-bond donors (Lipinski definition) is 2. The average molecular weight is 254 g/mol. The van der Waals surface area contributed by atoms with Crippen LogP contribution in [-0.4, -0.2) is 29.7 Å². The van der Waals surface area contributed by atoms with E-state index in [-0.39, 0.29) is 17.6 Å². The molecule has 104 valence electrons. The number of ether oxygens (including phenoxy) is 1. The minimum Gasteiger partial charge on any atom is -0.375 e. The van der Waals surface area contributed by atoms with E-state index >= 15 is 0 Å². The van der Waals surface area contributed by atoms with Crippen LogP contribution < -0.4 is 11.1 Å². The zero-order valence-electron chi connectivity index (χ0n) is 11.6. The normalized spacial score (nSPS) is 30.7. The van der Waals surface area contributed by atoms with Gasteiger partial charge in [0, 0.05) is 12.6 Å². The lowest BCUT2D eigenvalue weighted by Crippen LogP contribution is -2.58. The van der Waals surface area contributed by atoms with E-state index in [1.807, 2.05) is 0 Å². The van der Waals surface area contributed by atoms with E-state index in [0.29, 0.717) is 0 Å². The molecule has 4 heteroatoms. The number of rotatable bonds is 2. The highest BCUT2D eigenvalue weighted by molar-refractivity contribution is 5.86. The van der Waals surface area contributed by atoms with Crippen molar-refractivity contribution in [1.29, 1.82) is 0 Å². The molecule has 0 aromatic heterocycles. The topological polar surface area (TPSA) is 64.4 Å². The lowest BCUT2D eigenvalue weighted by Gasteiger charge is -2.38. The first-order valence-corrected chi connectivity index (χ1v) is 7.15. The molecule has 1 saturated heterocycles. The fourth-order valence-corrected chi connectivity index (χ4v) is 3.09. The van der Waals surface area contributed by atoms with Gasteiger partial charge in [-0.25, -0.2) is 0 Å². The SMILES string of the molecule is CC1(C)CC(NC(=O)C2(N)CCCCC2)CCO1. The summed E-state index contributed by atoms with van der Waals surface area (Å²) in [6.45, 7) is 4.86. The summed E-state index contributed by atoms with van der Waals surface area (Å²) in [5.41, 5.74) is 5.49. The molecule has 18 heavy (non-hydrogen) atoms. The van der Waals surface area contributed by atoms with Crippen LogP contribution in [0.2, 0.25) is 0 Å². The molecule has 2 fully saturated rings. The maximum Gasteiger partial charge on any atom is 0.240 e.